The van der Waals surface area contributed by atoms with E-state index in [1.165, 1.54) is 0 Å². The lowest BCUT2D eigenvalue weighted by Gasteiger charge is -2.48. The van der Waals surface area contributed by atoms with Gasteiger partial charge in [0.1, 0.15) is 11.5 Å². The van der Waals surface area contributed by atoms with Crippen molar-refractivity contribution in [3.05, 3.63) is 71.6 Å². The summed E-state index contributed by atoms with van der Waals surface area (Å²) in [7, 11) is 1.83. The van der Waals surface area contributed by atoms with E-state index in [2.05, 4.69) is 4.98 Å². The molecule has 0 N–H and O–H groups in total. The number of aromatic nitrogens is 2. The first-order valence-corrected chi connectivity index (χ1v) is 9.07. The number of allylic oxidation sites excluding steroid dienone is 1. The number of hydrogen-bond donors (Lipinski definition) is 0. The molecule has 1 aromatic carbocycles. The number of carbonyl (C=O) groups is 2. The fraction of sp³-hybridized carbons (Fsp3) is 0.273. The van der Waals surface area contributed by atoms with Gasteiger partial charge in [-0.3, -0.25) is 14.5 Å². The van der Waals surface area contributed by atoms with E-state index in [1.54, 1.807) is 41.8 Å². The van der Waals surface area contributed by atoms with Crippen LogP contribution in [0.25, 0.3) is 0 Å². The predicted octanol–water partition coefficient (Wildman–Crippen LogP) is 2.69. The number of rotatable bonds is 2. The second kappa shape index (κ2) is 6.03. The second-order valence-electron chi connectivity index (χ2n) is 7.67. The number of amides is 1. The summed E-state index contributed by atoms with van der Waals surface area (Å²) in [4.78, 5) is 32.8. The van der Waals surface area contributed by atoms with Gasteiger partial charge in [0.25, 0.3) is 0 Å². The van der Waals surface area contributed by atoms with Gasteiger partial charge in [-0.05, 0) is 31.1 Å². The molecule has 0 saturated carbocycles. The molecule has 0 unspecified atom stereocenters. The molecule has 1 aliphatic heterocycles. The molecule has 1 aliphatic carbocycles. The Hall–Kier alpha value is -3.46. The molecule has 1 atom stereocenters. The Labute approximate surface area is 163 Å². The molecule has 1 amide bonds. The first-order chi connectivity index (χ1) is 13.3. The Bertz CT molecular complexity index is 1090. The molecule has 0 spiro atoms. The van der Waals surface area contributed by atoms with Crippen LogP contribution in [0.2, 0.25) is 0 Å². The van der Waals surface area contributed by atoms with E-state index in [1.807, 2.05) is 49.5 Å². The third kappa shape index (κ3) is 2.23. The van der Waals surface area contributed by atoms with Crippen molar-refractivity contribution in [2.45, 2.75) is 19.3 Å². The number of Topliss-reactive ketones (excluding diaryl/α,β-unsaturated/α-hetero) is 1. The van der Waals surface area contributed by atoms with Crippen LogP contribution < -0.4 is 4.90 Å². The summed E-state index contributed by atoms with van der Waals surface area (Å²) in [5.74, 6) is 0.0575. The summed E-state index contributed by atoms with van der Waals surface area (Å²) >= 11 is 0. The van der Waals surface area contributed by atoms with Gasteiger partial charge in [0.2, 0.25) is 11.9 Å². The van der Waals surface area contributed by atoms with Crippen LogP contribution in [0.3, 0.4) is 0 Å². The van der Waals surface area contributed by atoms with Crippen LogP contribution >= 0.6 is 0 Å². The molecule has 6 heteroatoms. The van der Waals surface area contributed by atoms with Crippen LogP contribution in [-0.2, 0) is 22.1 Å². The minimum atomic E-state index is -1.21. The zero-order valence-corrected chi connectivity index (χ0v) is 16.0. The maximum absolute atomic E-state index is 14.0. The lowest BCUT2D eigenvalue weighted by molar-refractivity contribution is -0.125. The number of aryl methyl sites for hydroxylation is 1. The molecular formula is C22H20N4O2. The van der Waals surface area contributed by atoms with E-state index in [0.29, 0.717) is 18.1 Å². The first-order valence-electron chi connectivity index (χ1n) is 9.07. The van der Waals surface area contributed by atoms with Gasteiger partial charge in [0, 0.05) is 26.0 Å². The summed E-state index contributed by atoms with van der Waals surface area (Å²) in [5.41, 5.74) is -0.710. The lowest BCUT2D eigenvalue weighted by atomic mass is 9.56. The van der Waals surface area contributed by atoms with Crippen LogP contribution in [0, 0.1) is 16.7 Å². The lowest BCUT2D eigenvalue weighted by Crippen LogP contribution is -2.57. The number of fused-ring (bicyclic) bond motifs is 1. The van der Waals surface area contributed by atoms with Crippen molar-refractivity contribution in [2.75, 3.05) is 11.4 Å². The molecule has 4 rings (SSSR count). The Morgan fingerprint density at radius 3 is 2.50 bits per heavy atom. The fourth-order valence-corrected chi connectivity index (χ4v) is 4.32. The number of nitriles is 1. The standard InChI is InChI=1S/C22H20N4O2/c1-21(2)17-9-11-26(20-24-10-12-25(20)3)19(28)22(17,13-15(14-23)18(21)27)16-7-5-4-6-8-16/h4-10,12-13H,11H2,1-3H3/t22-/m0/s1. The summed E-state index contributed by atoms with van der Waals surface area (Å²) < 4.78 is 1.78. The van der Waals surface area contributed by atoms with Crippen molar-refractivity contribution in [3.63, 3.8) is 0 Å². The average Bonchev–Trinajstić information content (AvgIpc) is 3.12. The van der Waals surface area contributed by atoms with Crippen molar-refractivity contribution >= 4 is 17.6 Å². The maximum Gasteiger partial charge on any atom is 0.248 e. The monoisotopic (exact) mass is 372 g/mol. The van der Waals surface area contributed by atoms with Crippen molar-refractivity contribution in [2.24, 2.45) is 12.5 Å². The number of nitrogens with zero attached hydrogens (tertiary/aromatic N) is 4. The molecule has 0 fully saturated rings. The van der Waals surface area contributed by atoms with Crippen molar-refractivity contribution in [1.29, 1.82) is 5.26 Å². The molecule has 0 radical (unpaired) electrons. The van der Waals surface area contributed by atoms with Gasteiger partial charge in [-0.25, -0.2) is 4.98 Å². The Balaban J connectivity index is 2.05. The SMILES string of the molecule is Cn1ccnc1N1CC=C2C(C)(C)C(=O)C(C#N)=C[C@@]2(c2ccccc2)C1=O. The molecule has 6 nitrogen and oxygen atoms in total. The van der Waals surface area contributed by atoms with Crippen molar-refractivity contribution in [3.8, 4) is 6.07 Å². The highest BCUT2D eigenvalue weighted by Gasteiger charge is 2.57. The largest absolute Gasteiger partial charge is 0.320 e. The van der Waals surface area contributed by atoms with Crippen LogP contribution in [0.4, 0.5) is 5.95 Å². The Morgan fingerprint density at radius 2 is 1.89 bits per heavy atom. The van der Waals surface area contributed by atoms with E-state index in [0.717, 1.165) is 5.56 Å². The molecule has 28 heavy (non-hydrogen) atoms. The zero-order valence-electron chi connectivity index (χ0n) is 16.0. The van der Waals surface area contributed by atoms with E-state index in [9.17, 15) is 14.9 Å². The van der Waals surface area contributed by atoms with Gasteiger partial charge in [-0.1, -0.05) is 36.4 Å². The normalized spacial score (nSPS) is 23.6. The third-order valence-corrected chi connectivity index (χ3v) is 5.72. The zero-order chi connectivity index (χ0) is 20.1. The Kier molecular flexibility index (Phi) is 3.86. The van der Waals surface area contributed by atoms with Crippen LogP contribution in [0.15, 0.2) is 66.0 Å². The topological polar surface area (TPSA) is 79.0 Å². The number of benzene rings is 1. The number of ketones is 1. The van der Waals surface area contributed by atoms with E-state index in [-0.39, 0.29) is 17.3 Å². The van der Waals surface area contributed by atoms with Gasteiger partial charge in [0.05, 0.1) is 11.0 Å². The molecule has 2 aromatic rings. The minimum absolute atomic E-state index is 0.0149. The number of imidazole rings is 1. The highest BCUT2D eigenvalue weighted by atomic mass is 16.2. The van der Waals surface area contributed by atoms with Crippen molar-refractivity contribution in [1.82, 2.24) is 9.55 Å². The molecule has 2 heterocycles. The maximum atomic E-state index is 14.0. The molecule has 1 aromatic heterocycles. The summed E-state index contributed by atoms with van der Waals surface area (Å²) in [6.07, 6.45) is 6.90. The van der Waals surface area contributed by atoms with E-state index >= 15 is 0 Å². The van der Waals surface area contributed by atoms with Crippen molar-refractivity contribution < 1.29 is 9.59 Å². The summed E-state index contributed by atoms with van der Waals surface area (Å²) in [6.45, 7) is 3.89. The number of hydrogen-bond acceptors (Lipinski definition) is 4. The smallest absolute Gasteiger partial charge is 0.248 e. The quantitative estimate of drug-likeness (QED) is 0.759. The van der Waals surface area contributed by atoms with Gasteiger partial charge < -0.3 is 4.57 Å². The molecule has 0 saturated heterocycles. The molecule has 0 bridgehead atoms. The predicted molar refractivity (Wildman–Crippen MR) is 104 cm³/mol. The van der Waals surface area contributed by atoms with Gasteiger partial charge in [-0.2, -0.15) is 5.26 Å². The fourth-order valence-electron chi connectivity index (χ4n) is 4.32. The van der Waals surface area contributed by atoms with Gasteiger partial charge in [-0.15, -0.1) is 0 Å². The molecule has 140 valence electrons. The number of anilines is 1. The average molecular weight is 372 g/mol. The molecular weight excluding hydrogens is 352 g/mol. The van der Waals surface area contributed by atoms with Gasteiger partial charge in [0.15, 0.2) is 5.78 Å². The second-order valence-corrected chi connectivity index (χ2v) is 7.67. The van der Waals surface area contributed by atoms with E-state index in [4.69, 9.17) is 0 Å². The Morgan fingerprint density at radius 1 is 1.18 bits per heavy atom. The third-order valence-electron chi connectivity index (χ3n) is 5.72. The summed E-state index contributed by atoms with van der Waals surface area (Å²) in [5, 5.41) is 9.63. The number of carbonyl (C=O) groups excluding carboxylic acids is 2. The minimum Gasteiger partial charge on any atom is -0.320 e. The highest BCUT2D eigenvalue weighted by Crippen LogP contribution is 2.52. The van der Waals surface area contributed by atoms with Crippen LogP contribution in [-0.4, -0.2) is 27.8 Å². The van der Waals surface area contributed by atoms with Crippen LogP contribution in [0.1, 0.15) is 19.4 Å². The van der Waals surface area contributed by atoms with Crippen LogP contribution in [0.5, 0.6) is 0 Å². The summed E-state index contributed by atoms with van der Waals surface area (Å²) in [6, 6.07) is 11.3. The van der Waals surface area contributed by atoms with Gasteiger partial charge >= 0.3 is 0 Å². The molecule has 2 aliphatic rings. The van der Waals surface area contributed by atoms with E-state index < -0.39 is 10.8 Å². The first kappa shape index (κ1) is 17.9. The highest BCUT2D eigenvalue weighted by molar-refractivity contribution is 6.14.